The SMILES string of the molecule is Cc1cccc(C)c1N1CC=C[C@]23S[C@@]4(C)C=CCCOC(=O)[C@H]4[C@H]2C(=O)N(CCCCO)C3C1=O. The summed E-state index contributed by atoms with van der Waals surface area (Å²) in [6.07, 6.45) is 9.84. The number of likely N-dealkylation sites (tertiary alicyclic amines) is 1. The van der Waals surface area contributed by atoms with E-state index >= 15 is 0 Å². The van der Waals surface area contributed by atoms with E-state index in [0.717, 1.165) is 16.8 Å². The molecule has 2 fully saturated rings. The molecule has 5 atom stereocenters. The second-order valence-electron chi connectivity index (χ2n) is 10.4. The number of rotatable bonds is 5. The predicted molar refractivity (Wildman–Crippen MR) is 140 cm³/mol. The lowest BCUT2D eigenvalue weighted by molar-refractivity contribution is -0.154. The van der Waals surface area contributed by atoms with E-state index in [1.54, 1.807) is 21.6 Å². The molecule has 1 unspecified atom stereocenters. The first-order chi connectivity index (χ1) is 17.2. The summed E-state index contributed by atoms with van der Waals surface area (Å²) in [6, 6.07) is 5.22. The van der Waals surface area contributed by atoms with E-state index in [-0.39, 0.29) is 24.4 Å². The largest absolute Gasteiger partial charge is 0.465 e. The Bertz CT molecular complexity index is 1130. The van der Waals surface area contributed by atoms with Crippen LogP contribution in [0.25, 0.3) is 0 Å². The van der Waals surface area contributed by atoms with Crippen molar-refractivity contribution in [2.24, 2.45) is 11.8 Å². The molecule has 2 saturated heterocycles. The maximum Gasteiger partial charge on any atom is 0.311 e. The summed E-state index contributed by atoms with van der Waals surface area (Å²) >= 11 is 1.56. The minimum atomic E-state index is -0.883. The number of hydrogen-bond acceptors (Lipinski definition) is 6. The van der Waals surface area contributed by atoms with E-state index in [4.69, 9.17) is 4.74 Å². The first-order valence-electron chi connectivity index (χ1n) is 12.8. The number of amides is 2. The molecule has 8 heteroatoms. The maximum absolute atomic E-state index is 14.5. The summed E-state index contributed by atoms with van der Waals surface area (Å²) < 4.78 is 4.04. The third-order valence-corrected chi connectivity index (χ3v) is 9.83. The molecule has 4 aliphatic rings. The molecule has 5 rings (SSSR count). The van der Waals surface area contributed by atoms with Gasteiger partial charge < -0.3 is 19.6 Å². The molecule has 36 heavy (non-hydrogen) atoms. The molecule has 0 aromatic heterocycles. The quantitative estimate of drug-likeness (QED) is 0.372. The van der Waals surface area contributed by atoms with Gasteiger partial charge in [0, 0.05) is 30.1 Å². The average molecular weight is 511 g/mol. The molecular weight excluding hydrogens is 476 g/mol. The first-order valence-corrected chi connectivity index (χ1v) is 13.6. The summed E-state index contributed by atoms with van der Waals surface area (Å²) in [5.41, 5.74) is 2.87. The molecule has 4 heterocycles. The Morgan fingerprint density at radius 1 is 1.06 bits per heavy atom. The topological polar surface area (TPSA) is 87.2 Å². The number of aliphatic hydroxyl groups excluding tert-OH is 1. The van der Waals surface area contributed by atoms with Gasteiger partial charge in [-0.2, -0.15) is 0 Å². The number of benzene rings is 1. The van der Waals surface area contributed by atoms with Crippen molar-refractivity contribution in [1.82, 2.24) is 4.90 Å². The highest BCUT2D eigenvalue weighted by Gasteiger charge is 2.73. The minimum absolute atomic E-state index is 0.0240. The second-order valence-corrected chi connectivity index (χ2v) is 12.2. The van der Waals surface area contributed by atoms with Crippen LogP contribution in [-0.4, -0.2) is 69.6 Å². The van der Waals surface area contributed by atoms with Gasteiger partial charge in [0.05, 0.1) is 23.2 Å². The highest BCUT2D eigenvalue weighted by Crippen LogP contribution is 2.65. The number of esters is 1. The summed E-state index contributed by atoms with van der Waals surface area (Å²) in [6.45, 7) is 7.05. The summed E-state index contributed by atoms with van der Waals surface area (Å²) in [7, 11) is 0. The zero-order valence-corrected chi connectivity index (χ0v) is 21.9. The van der Waals surface area contributed by atoms with Crippen molar-refractivity contribution in [2.75, 3.05) is 31.2 Å². The highest BCUT2D eigenvalue weighted by atomic mass is 32.2. The molecule has 192 valence electrons. The van der Waals surface area contributed by atoms with Crippen molar-refractivity contribution >= 4 is 35.2 Å². The Kier molecular flexibility index (Phi) is 6.53. The molecule has 1 aromatic rings. The van der Waals surface area contributed by atoms with Crippen LogP contribution in [-0.2, 0) is 19.1 Å². The number of hydrogen-bond donors (Lipinski definition) is 1. The number of carbonyl (C=O) groups excluding carboxylic acids is 3. The van der Waals surface area contributed by atoms with E-state index in [1.807, 2.05) is 63.3 Å². The van der Waals surface area contributed by atoms with E-state index in [9.17, 15) is 19.5 Å². The fourth-order valence-electron chi connectivity index (χ4n) is 6.55. The lowest BCUT2D eigenvalue weighted by Gasteiger charge is -2.37. The molecule has 1 spiro atoms. The van der Waals surface area contributed by atoms with Gasteiger partial charge in [0.1, 0.15) is 6.04 Å². The smallest absolute Gasteiger partial charge is 0.311 e. The van der Waals surface area contributed by atoms with Crippen molar-refractivity contribution in [3.8, 4) is 0 Å². The van der Waals surface area contributed by atoms with Crippen LogP contribution in [0, 0.1) is 25.7 Å². The molecule has 0 radical (unpaired) electrons. The number of carbonyl (C=O) groups is 3. The average Bonchev–Trinajstić information content (AvgIpc) is 3.14. The van der Waals surface area contributed by atoms with Gasteiger partial charge in [-0.3, -0.25) is 14.4 Å². The number of aryl methyl sites for hydroxylation is 2. The van der Waals surface area contributed by atoms with Crippen LogP contribution in [0.3, 0.4) is 0 Å². The van der Waals surface area contributed by atoms with Crippen LogP contribution in [0.15, 0.2) is 42.5 Å². The number of cyclic esters (lactones) is 1. The Labute approximate surface area is 216 Å². The third-order valence-electron chi connectivity index (χ3n) is 8.04. The number of fused-ring (bicyclic) bond motifs is 2. The van der Waals surface area contributed by atoms with Gasteiger partial charge in [-0.05, 0) is 51.2 Å². The summed E-state index contributed by atoms with van der Waals surface area (Å²) in [4.78, 5) is 45.4. The molecule has 0 aliphatic carbocycles. The number of unbranched alkanes of at least 4 members (excludes halogenated alkanes) is 1. The second kappa shape index (κ2) is 9.38. The summed E-state index contributed by atoms with van der Waals surface area (Å²) in [5, 5.41) is 9.37. The van der Waals surface area contributed by atoms with Gasteiger partial charge in [0.25, 0.3) is 5.91 Å². The zero-order chi connectivity index (χ0) is 25.7. The van der Waals surface area contributed by atoms with Crippen molar-refractivity contribution in [1.29, 1.82) is 0 Å². The molecule has 4 aliphatic heterocycles. The molecule has 0 bridgehead atoms. The van der Waals surface area contributed by atoms with Crippen LogP contribution in [0.4, 0.5) is 5.69 Å². The Balaban J connectivity index is 1.65. The molecule has 0 saturated carbocycles. The number of anilines is 1. The van der Waals surface area contributed by atoms with Gasteiger partial charge in [-0.1, -0.05) is 42.5 Å². The van der Waals surface area contributed by atoms with Crippen LogP contribution in [0.2, 0.25) is 0 Å². The van der Waals surface area contributed by atoms with Gasteiger partial charge >= 0.3 is 5.97 Å². The Hall–Kier alpha value is -2.58. The fourth-order valence-corrected chi connectivity index (χ4v) is 8.71. The fraction of sp³-hybridized carbons (Fsp3) is 0.536. The minimum Gasteiger partial charge on any atom is -0.465 e. The summed E-state index contributed by atoms with van der Waals surface area (Å²) in [5.74, 6) is -2.04. The zero-order valence-electron chi connectivity index (χ0n) is 21.1. The molecule has 1 aromatic carbocycles. The third kappa shape index (κ3) is 3.72. The van der Waals surface area contributed by atoms with E-state index in [1.165, 1.54) is 0 Å². The standard InChI is InChI=1S/C28H34N2O5S/c1-18-10-8-11-19(2)22(18)29-15-9-13-28-20(21-26(34)35-17-7-4-12-27(21,3)36-28)24(32)30(14-5-6-16-31)23(28)25(29)33/h4,8-13,20-21,23,31H,5-7,14-17H2,1-3H3/t20-,21+,23?,27-,28-/m0/s1. The van der Waals surface area contributed by atoms with Crippen LogP contribution in [0.1, 0.15) is 37.3 Å². The number of aliphatic hydroxyl groups is 1. The molecule has 7 nitrogen and oxygen atoms in total. The van der Waals surface area contributed by atoms with E-state index in [2.05, 4.69) is 0 Å². The normalized spacial score (nSPS) is 33.6. The number of nitrogens with zero attached hydrogens (tertiary/aromatic N) is 2. The van der Waals surface area contributed by atoms with Crippen molar-refractivity contribution in [3.63, 3.8) is 0 Å². The van der Waals surface area contributed by atoms with Crippen molar-refractivity contribution in [3.05, 3.63) is 53.6 Å². The van der Waals surface area contributed by atoms with Crippen molar-refractivity contribution < 1.29 is 24.2 Å². The van der Waals surface area contributed by atoms with Crippen LogP contribution >= 0.6 is 11.8 Å². The van der Waals surface area contributed by atoms with Crippen LogP contribution < -0.4 is 4.90 Å². The lowest BCUT2D eigenvalue weighted by Crippen LogP contribution is -2.53. The maximum atomic E-state index is 14.5. The molecule has 1 N–H and O–H groups in total. The molecule has 2 amide bonds. The van der Waals surface area contributed by atoms with E-state index < -0.39 is 27.4 Å². The Morgan fingerprint density at radius 2 is 1.81 bits per heavy atom. The van der Waals surface area contributed by atoms with Crippen LogP contribution in [0.5, 0.6) is 0 Å². The predicted octanol–water partition coefficient (Wildman–Crippen LogP) is 3.17. The van der Waals surface area contributed by atoms with Crippen molar-refractivity contribution in [2.45, 2.75) is 55.6 Å². The van der Waals surface area contributed by atoms with Gasteiger partial charge in [0.2, 0.25) is 5.91 Å². The number of ether oxygens (including phenoxy) is 1. The lowest BCUT2D eigenvalue weighted by atomic mass is 9.74. The highest BCUT2D eigenvalue weighted by molar-refractivity contribution is 8.02. The number of thioether (sulfide) groups is 1. The Morgan fingerprint density at radius 3 is 2.53 bits per heavy atom. The number of para-hydroxylation sites is 1. The van der Waals surface area contributed by atoms with Gasteiger partial charge in [-0.15, -0.1) is 11.8 Å². The first kappa shape index (κ1) is 25.1. The van der Waals surface area contributed by atoms with Gasteiger partial charge in [0.15, 0.2) is 0 Å². The monoisotopic (exact) mass is 510 g/mol. The van der Waals surface area contributed by atoms with E-state index in [0.29, 0.717) is 39.0 Å². The van der Waals surface area contributed by atoms with Gasteiger partial charge in [-0.25, -0.2) is 0 Å². The molecular formula is C28H34N2O5S.